The van der Waals surface area contributed by atoms with Gasteiger partial charge in [0.25, 0.3) is 5.91 Å². The molecule has 1 heterocycles. The van der Waals surface area contributed by atoms with Crippen molar-refractivity contribution in [2.45, 2.75) is 13.5 Å². The molecule has 0 atom stereocenters. The number of benzene rings is 2. The smallest absolute Gasteiger partial charge is 0.325 e. The zero-order valence-electron chi connectivity index (χ0n) is 17.1. The SMILES string of the molecule is CCOc1ccc2c(c1)sc(=NC(=O)c1cc(OC)ccc1OC)n2CC(=O)OC. The first kappa shape index (κ1) is 21.4. The molecule has 30 heavy (non-hydrogen) atoms. The third-order valence-corrected chi connectivity index (χ3v) is 5.36. The molecule has 158 valence electrons. The lowest BCUT2D eigenvalue weighted by molar-refractivity contribution is -0.141. The Morgan fingerprint density at radius 3 is 2.47 bits per heavy atom. The summed E-state index contributed by atoms with van der Waals surface area (Å²) < 4.78 is 23.3. The van der Waals surface area contributed by atoms with Gasteiger partial charge in [0.05, 0.1) is 43.7 Å². The molecule has 0 spiro atoms. The highest BCUT2D eigenvalue weighted by molar-refractivity contribution is 7.16. The van der Waals surface area contributed by atoms with E-state index < -0.39 is 11.9 Å². The molecular weight excluding hydrogens is 408 g/mol. The molecule has 0 saturated heterocycles. The van der Waals surface area contributed by atoms with Gasteiger partial charge in [-0.2, -0.15) is 4.99 Å². The standard InChI is InChI=1S/C21H22N2O6S/c1-5-29-14-6-8-16-18(11-14)30-21(23(16)12-19(24)28-4)22-20(25)15-10-13(26-2)7-9-17(15)27-3/h6-11H,5,12H2,1-4H3. The second kappa shape index (κ2) is 9.45. The van der Waals surface area contributed by atoms with E-state index >= 15 is 0 Å². The summed E-state index contributed by atoms with van der Waals surface area (Å²) >= 11 is 1.28. The number of amides is 1. The number of thiazole rings is 1. The highest BCUT2D eigenvalue weighted by Crippen LogP contribution is 2.26. The Bertz CT molecular complexity index is 1150. The van der Waals surface area contributed by atoms with Gasteiger partial charge in [-0.1, -0.05) is 11.3 Å². The third-order valence-electron chi connectivity index (χ3n) is 4.31. The molecule has 0 aliphatic rings. The van der Waals surface area contributed by atoms with Crippen LogP contribution < -0.4 is 19.0 Å². The minimum atomic E-state index is -0.513. The number of hydrogen-bond donors (Lipinski definition) is 0. The molecule has 3 rings (SSSR count). The van der Waals surface area contributed by atoms with Gasteiger partial charge >= 0.3 is 5.97 Å². The number of rotatable bonds is 7. The molecule has 0 bridgehead atoms. The Morgan fingerprint density at radius 2 is 1.80 bits per heavy atom. The van der Waals surface area contributed by atoms with E-state index in [2.05, 4.69) is 4.99 Å². The van der Waals surface area contributed by atoms with Crippen LogP contribution in [0.15, 0.2) is 41.4 Å². The van der Waals surface area contributed by atoms with Gasteiger partial charge in [0.1, 0.15) is 23.8 Å². The van der Waals surface area contributed by atoms with E-state index in [1.54, 1.807) is 22.8 Å². The van der Waals surface area contributed by atoms with Crippen molar-refractivity contribution < 1.29 is 28.5 Å². The predicted molar refractivity (Wildman–Crippen MR) is 112 cm³/mol. The fourth-order valence-electron chi connectivity index (χ4n) is 2.87. The van der Waals surface area contributed by atoms with E-state index in [0.717, 1.165) is 10.2 Å². The Balaban J connectivity index is 2.15. The Hall–Kier alpha value is -3.33. The summed E-state index contributed by atoms with van der Waals surface area (Å²) in [4.78, 5) is 29.6. The molecule has 9 heteroatoms. The van der Waals surface area contributed by atoms with Gasteiger partial charge in [-0.25, -0.2) is 0 Å². The number of hydrogen-bond acceptors (Lipinski definition) is 7. The summed E-state index contributed by atoms with van der Waals surface area (Å²) in [6.07, 6.45) is 0. The summed E-state index contributed by atoms with van der Waals surface area (Å²) in [6, 6.07) is 10.4. The van der Waals surface area contributed by atoms with E-state index in [-0.39, 0.29) is 12.1 Å². The van der Waals surface area contributed by atoms with Gasteiger partial charge in [-0.3, -0.25) is 9.59 Å². The fourth-order valence-corrected chi connectivity index (χ4v) is 3.93. The van der Waals surface area contributed by atoms with E-state index in [0.29, 0.717) is 28.7 Å². The first-order valence-corrected chi connectivity index (χ1v) is 9.96. The van der Waals surface area contributed by atoms with Crippen LogP contribution in [0.4, 0.5) is 0 Å². The molecule has 2 aromatic carbocycles. The second-order valence-electron chi connectivity index (χ2n) is 6.09. The molecule has 0 aliphatic heterocycles. The second-order valence-corrected chi connectivity index (χ2v) is 7.10. The van der Waals surface area contributed by atoms with Gasteiger partial charge < -0.3 is 23.5 Å². The Kier molecular flexibility index (Phi) is 6.73. The zero-order chi connectivity index (χ0) is 21.7. The number of carbonyl (C=O) groups excluding carboxylic acids is 2. The van der Waals surface area contributed by atoms with Crippen molar-refractivity contribution in [3.8, 4) is 17.2 Å². The average molecular weight is 430 g/mol. The van der Waals surface area contributed by atoms with Crippen molar-refractivity contribution in [1.29, 1.82) is 0 Å². The molecule has 0 N–H and O–H groups in total. The first-order chi connectivity index (χ1) is 14.5. The molecule has 1 aromatic heterocycles. The lowest BCUT2D eigenvalue weighted by atomic mass is 10.2. The number of esters is 1. The van der Waals surface area contributed by atoms with Crippen LogP contribution in [0.1, 0.15) is 17.3 Å². The van der Waals surface area contributed by atoms with E-state index in [4.69, 9.17) is 18.9 Å². The average Bonchev–Trinajstić information content (AvgIpc) is 3.09. The molecule has 0 radical (unpaired) electrons. The molecule has 3 aromatic rings. The van der Waals surface area contributed by atoms with Crippen molar-refractivity contribution in [2.75, 3.05) is 27.9 Å². The largest absolute Gasteiger partial charge is 0.497 e. The van der Waals surface area contributed by atoms with Crippen LogP contribution in [-0.4, -0.2) is 44.4 Å². The molecule has 0 saturated carbocycles. The maximum Gasteiger partial charge on any atom is 0.325 e. The lowest BCUT2D eigenvalue weighted by Crippen LogP contribution is -2.22. The van der Waals surface area contributed by atoms with Crippen molar-refractivity contribution >= 4 is 33.4 Å². The number of ether oxygens (including phenoxy) is 4. The predicted octanol–water partition coefficient (Wildman–Crippen LogP) is 3.03. The van der Waals surface area contributed by atoms with Crippen LogP contribution in [0.3, 0.4) is 0 Å². The molecule has 1 amide bonds. The third kappa shape index (κ3) is 4.46. The Labute approximate surface area is 177 Å². The number of methoxy groups -OCH3 is 3. The summed E-state index contributed by atoms with van der Waals surface area (Å²) in [5.74, 6) is 0.625. The fraction of sp³-hybridized carbons (Fsp3) is 0.286. The van der Waals surface area contributed by atoms with Crippen LogP contribution >= 0.6 is 11.3 Å². The Morgan fingerprint density at radius 1 is 1.03 bits per heavy atom. The van der Waals surface area contributed by atoms with Gasteiger partial charge in [0.2, 0.25) is 0 Å². The monoisotopic (exact) mass is 430 g/mol. The number of carbonyl (C=O) groups is 2. The topological polar surface area (TPSA) is 88.4 Å². The zero-order valence-corrected chi connectivity index (χ0v) is 17.9. The normalized spacial score (nSPS) is 11.4. The van der Waals surface area contributed by atoms with E-state index in [1.807, 2.05) is 25.1 Å². The van der Waals surface area contributed by atoms with Crippen LogP contribution in [0, 0.1) is 0 Å². The quantitative estimate of drug-likeness (QED) is 0.536. The van der Waals surface area contributed by atoms with Gasteiger partial charge in [-0.05, 0) is 43.3 Å². The number of nitrogens with zero attached hydrogens (tertiary/aromatic N) is 2. The minimum absolute atomic E-state index is 0.0775. The van der Waals surface area contributed by atoms with Gasteiger partial charge in [0.15, 0.2) is 4.80 Å². The van der Waals surface area contributed by atoms with Crippen LogP contribution in [0.25, 0.3) is 10.2 Å². The summed E-state index contributed by atoms with van der Waals surface area (Å²) in [7, 11) is 4.30. The van der Waals surface area contributed by atoms with Crippen molar-refractivity contribution in [2.24, 2.45) is 4.99 Å². The minimum Gasteiger partial charge on any atom is -0.497 e. The van der Waals surface area contributed by atoms with Crippen molar-refractivity contribution in [3.63, 3.8) is 0 Å². The highest BCUT2D eigenvalue weighted by Gasteiger charge is 2.16. The van der Waals surface area contributed by atoms with Crippen LogP contribution in [0.2, 0.25) is 0 Å². The molecule has 0 aliphatic carbocycles. The molecule has 0 unspecified atom stereocenters. The van der Waals surface area contributed by atoms with Gasteiger partial charge in [-0.15, -0.1) is 0 Å². The van der Waals surface area contributed by atoms with Crippen LogP contribution in [-0.2, 0) is 16.1 Å². The maximum atomic E-state index is 13.0. The number of fused-ring (bicyclic) bond motifs is 1. The van der Waals surface area contributed by atoms with Crippen LogP contribution in [0.5, 0.6) is 17.2 Å². The van der Waals surface area contributed by atoms with E-state index in [9.17, 15) is 9.59 Å². The van der Waals surface area contributed by atoms with E-state index in [1.165, 1.54) is 32.7 Å². The first-order valence-electron chi connectivity index (χ1n) is 9.14. The number of aromatic nitrogens is 1. The van der Waals surface area contributed by atoms with Crippen molar-refractivity contribution in [3.05, 3.63) is 46.8 Å². The summed E-state index contributed by atoms with van der Waals surface area (Å²) in [5.41, 5.74) is 1.01. The van der Waals surface area contributed by atoms with Crippen molar-refractivity contribution in [1.82, 2.24) is 4.57 Å². The highest BCUT2D eigenvalue weighted by atomic mass is 32.1. The molecular formula is C21H22N2O6S. The maximum absolute atomic E-state index is 13.0. The molecule has 0 fully saturated rings. The summed E-state index contributed by atoms with van der Waals surface area (Å²) in [6.45, 7) is 2.35. The molecule has 8 nitrogen and oxygen atoms in total. The summed E-state index contributed by atoms with van der Waals surface area (Å²) in [5, 5.41) is 0. The van der Waals surface area contributed by atoms with Gasteiger partial charge in [0, 0.05) is 0 Å². The lowest BCUT2D eigenvalue weighted by Gasteiger charge is -2.08.